The Morgan fingerprint density at radius 3 is 2.49 bits per heavy atom. The fourth-order valence-corrected chi connectivity index (χ4v) is 5.23. The first-order valence-corrected chi connectivity index (χ1v) is 12.9. The Morgan fingerprint density at radius 2 is 1.79 bits per heavy atom. The molecule has 0 amide bonds. The summed E-state index contributed by atoms with van der Waals surface area (Å²) in [7, 11) is 3.16. The van der Waals surface area contributed by atoms with Crippen LogP contribution in [0.25, 0.3) is 16.6 Å². The van der Waals surface area contributed by atoms with Gasteiger partial charge in [0, 0.05) is 37.9 Å². The Bertz CT molecular complexity index is 1760. The van der Waals surface area contributed by atoms with Gasteiger partial charge in [-0.05, 0) is 62.6 Å². The van der Waals surface area contributed by atoms with E-state index in [4.69, 9.17) is 21.1 Å². The summed E-state index contributed by atoms with van der Waals surface area (Å²) in [5.41, 5.74) is 0.723. The lowest BCUT2D eigenvalue weighted by Gasteiger charge is -2.20. The van der Waals surface area contributed by atoms with Crippen LogP contribution >= 0.6 is 11.6 Å². The number of fused-ring (bicyclic) bond motifs is 1. The van der Waals surface area contributed by atoms with Crippen LogP contribution in [0.1, 0.15) is 40.0 Å². The molecule has 1 aliphatic heterocycles. The van der Waals surface area contributed by atoms with E-state index in [1.54, 1.807) is 58.3 Å². The van der Waals surface area contributed by atoms with Crippen molar-refractivity contribution in [3.05, 3.63) is 84.6 Å². The smallest absolute Gasteiger partial charge is 0.335 e. The molecule has 0 radical (unpaired) electrons. The zero-order chi connectivity index (χ0) is 28.0. The van der Waals surface area contributed by atoms with Crippen LogP contribution in [0.2, 0.25) is 5.02 Å². The van der Waals surface area contributed by atoms with E-state index in [9.17, 15) is 19.2 Å². The van der Waals surface area contributed by atoms with Crippen LogP contribution in [0.15, 0.2) is 46.0 Å². The van der Waals surface area contributed by atoms with Gasteiger partial charge in [0.05, 0.1) is 28.2 Å². The normalized spacial score (nSPS) is 14.1. The third kappa shape index (κ3) is 4.59. The van der Waals surface area contributed by atoms with E-state index in [1.807, 2.05) is 0 Å². The number of halogens is 1. The quantitative estimate of drug-likeness (QED) is 0.277. The van der Waals surface area contributed by atoms with Crippen molar-refractivity contribution in [2.75, 3.05) is 13.2 Å². The largest absolute Gasteiger partial charge is 0.407 e. The monoisotopic (exact) mass is 550 g/mol. The van der Waals surface area contributed by atoms with Crippen molar-refractivity contribution in [3.8, 4) is 11.6 Å². The van der Waals surface area contributed by atoms with E-state index in [0.717, 1.165) is 4.57 Å². The average Bonchev–Trinajstić information content (AvgIpc) is 3.19. The number of rotatable bonds is 5. The Labute approximate surface area is 228 Å². The molecule has 0 atom stereocenters. The van der Waals surface area contributed by atoms with Gasteiger partial charge in [-0.3, -0.25) is 19.0 Å². The Balaban J connectivity index is 1.64. The highest BCUT2D eigenvalue weighted by Gasteiger charge is 2.30. The van der Waals surface area contributed by atoms with Crippen LogP contribution in [-0.2, 0) is 23.6 Å². The second-order valence-corrected chi connectivity index (χ2v) is 10.1. The molecule has 0 aliphatic carbocycles. The third-order valence-electron chi connectivity index (χ3n) is 7.16. The van der Waals surface area contributed by atoms with Crippen LogP contribution in [-0.4, -0.2) is 43.9 Å². The summed E-state index contributed by atoms with van der Waals surface area (Å²) >= 11 is 6.12. The predicted molar refractivity (Wildman–Crippen MR) is 145 cm³/mol. The van der Waals surface area contributed by atoms with E-state index >= 15 is 0 Å². The second-order valence-electron chi connectivity index (χ2n) is 9.62. The number of ether oxygens (including phenoxy) is 2. The summed E-state index contributed by atoms with van der Waals surface area (Å²) < 4.78 is 14.8. The second kappa shape index (κ2) is 10.3. The molecule has 2 aromatic heterocycles. The minimum atomic E-state index is -0.573. The predicted octanol–water partition coefficient (Wildman–Crippen LogP) is 3.26. The molecule has 1 aliphatic rings. The molecule has 10 nitrogen and oxygen atoms in total. The van der Waals surface area contributed by atoms with Crippen molar-refractivity contribution < 1.29 is 19.1 Å². The van der Waals surface area contributed by atoms with Crippen LogP contribution < -0.4 is 16.0 Å². The molecule has 0 spiro atoms. The van der Waals surface area contributed by atoms with Crippen LogP contribution in [0.3, 0.4) is 0 Å². The number of esters is 1. The SMILES string of the molecule is Cc1nn(C)c(OC(=O)C2CCOCC2)c1C(=O)c1ccc2c(c1C)c(=O)n(-c1cccc(Cl)c1)c(=O)n2C. The van der Waals surface area contributed by atoms with Gasteiger partial charge in [0.25, 0.3) is 5.56 Å². The molecule has 0 unspecified atom stereocenters. The number of hydrogen-bond donors (Lipinski definition) is 0. The van der Waals surface area contributed by atoms with E-state index < -0.39 is 23.0 Å². The first-order chi connectivity index (χ1) is 18.6. The Kier molecular flexibility index (Phi) is 7.00. The molecule has 2 aromatic carbocycles. The number of benzene rings is 2. The van der Waals surface area contributed by atoms with Crippen molar-refractivity contribution in [1.82, 2.24) is 18.9 Å². The first-order valence-electron chi connectivity index (χ1n) is 12.5. The third-order valence-corrected chi connectivity index (χ3v) is 7.39. The van der Waals surface area contributed by atoms with Gasteiger partial charge in [-0.2, -0.15) is 5.10 Å². The van der Waals surface area contributed by atoms with Gasteiger partial charge in [-0.25, -0.2) is 14.0 Å². The molecule has 4 aromatic rings. The molecule has 1 fully saturated rings. The van der Waals surface area contributed by atoms with Gasteiger partial charge < -0.3 is 9.47 Å². The van der Waals surface area contributed by atoms with Crippen LogP contribution in [0.5, 0.6) is 5.88 Å². The number of ketones is 1. The van der Waals surface area contributed by atoms with Gasteiger partial charge in [-0.1, -0.05) is 17.7 Å². The lowest BCUT2D eigenvalue weighted by Crippen LogP contribution is -2.38. The standard InChI is InChI=1S/C28H27ClN4O6/c1-15-20(24(34)23-16(2)30-32(4)26(23)39-27(36)17-10-12-38-13-11-17)8-9-21-22(15)25(35)33(28(37)31(21)3)19-7-5-6-18(29)14-19/h5-9,14,17H,10-13H2,1-4H3. The van der Waals surface area contributed by atoms with Gasteiger partial charge in [0.1, 0.15) is 5.56 Å². The molecule has 39 heavy (non-hydrogen) atoms. The Morgan fingerprint density at radius 1 is 1.08 bits per heavy atom. The molecule has 3 heterocycles. The molecular weight excluding hydrogens is 524 g/mol. The molecule has 1 saturated heterocycles. The summed E-state index contributed by atoms with van der Waals surface area (Å²) in [4.78, 5) is 53.6. The van der Waals surface area contributed by atoms with Gasteiger partial charge in [-0.15, -0.1) is 0 Å². The maximum Gasteiger partial charge on any atom is 0.335 e. The zero-order valence-electron chi connectivity index (χ0n) is 22.0. The van der Waals surface area contributed by atoms with Crippen molar-refractivity contribution in [2.24, 2.45) is 20.0 Å². The fourth-order valence-electron chi connectivity index (χ4n) is 5.05. The summed E-state index contributed by atoms with van der Waals surface area (Å²) in [5.74, 6) is -1.17. The molecule has 202 valence electrons. The summed E-state index contributed by atoms with van der Waals surface area (Å²) in [6, 6.07) is 9.57. The topological polar surface area (TPSA) is 114 Å². The fraction of sp³-hybridized carbons (Fsp3) is 0.321. The summed E-state index contributed by atoms with van der Waals surface area (Å²) in [6.07, 6.45) is 1.08. The number of carbonyl (C=O) groups excluding carboxylic acids is 2. The molecule has 0 bridgehead atoms. The number of aromatic nitrogens is 4. The maximum absolute atomic E-state index is 13.9. The summed E-state index contributed by atoms with van der Waals surface area (Å²) in [6.45, 7) is 4.26. The van der Waals surface area contributed by atoms with E-state index in [2.05, 4.69) is 5.10 Å². The highest BCUT2D eigenvalue weighted by molar-refractivity contribution is 6.30. The van der Waals surface area contributed by atoms with Gasteiger partial charge in [0.2, 0.25) is 11.7 Å². The van der Waals surface area contributed by atoms with Crippen LogP contribution in [0, 0.1) is 19.8 Å². The number of nitrogens with zero attached hydrogens (tertiary/aromatic N) is 4. The van der Waals surface area contributed by atoms with Crippen molar-refractivity contribution in [2.45, 2.75) is 26.7 Å². The number of hydrogen-bond acceptors (Lipinski definition) is 7. The highest BCUT2D eigenvalue weighted by Crippen LogP contribution is 2.29. The van der Waals surface area contributed by atoms with Crippen LogP contribution in [0.4, 0.5) is 0 Å². The minimum Gasteiger partial charge on any atom is -0.407 e. The number of aryl methyl sites for hydroxylation is 4. The summed E-state index contributed by atoms with van der Waals surface area (Å²) in [5, 5.41) is 4.91. The lowest BCUT2D eigenvalue weighted by molar-refractivity contribution is -0.142. The van der Waals surface area contributed by atoms with E-state index in [-0.39, 0.29) is 28.3 Å². The maximum atomic E-state index is 13.9. The van der Waals surface area contributed by atoms with E-state index in [1.165, 1.54) is 15.3 Å². The average molecular weight is 551 g/mol. The molecule has 0 saturated carbocycles. The van der Waals surface area contributed by atoms with Gasteiger partial charge in [0.15, 0.2) is 0 Å². The van der Waals surface area contributed by atoms with Crippen molar-refractivity contribution in [1.29, 1.82) is 0 Å². The first kappa shape index (κ1) is 26.6. The molecule has 0 N–H and O–H groups in total. The highest BCUT2D eigenvalue weighted by atomic mass is 35.5. The van der Waals surface area contributed by atoms with E-state index in [0.29, 0.717) is 53.5 Å². The number of carbonyl (C=O) groups is 2. The van der Waals surface area contributed by atoms with Crippen molar-refractivity contribution >= 4 is 34.3 Å². The molecular formula is C28H27ClN4O6. The molecule has 5 rings (SSSR count). The van der Waals surface area contributed by atoms with Crippen molar-refractivity contribution in [3.63, 3.8) is 0 Å². The Hall–Kier alpha value is -4.02. The molecule has 11 heteroatoms. The lowest BCUT2D eigenvalue weighted by atomic mass is 9.96. The minimum absolute atomic E-state index is 0.0466. The van der Waals surface area contributed by atoms with Gasteiger partial charge >= 0.3 is 11.7 Å². The zero-order valence-corrected chi connectivity index (χ0v) is 22.7.